The number of hydrogen-bond acceptors (Lipinski definition) is 14. The molecular formula is C33H38O14. The number of carbonyl (C=O) groups excluding carboxylic acids is 5. The normalized spacial score (nSPS) is 35.1. The molecule has 1 aliphatic heterocycles. The standard InChI is InChI=1S/C33H38O14/c1-17(34)42-16-32-26(44-19(3)36)22(43-18(2)35)14-31(6,40)33(32)25(37)23(30(4,5)47-33)24(45-28(38)20-10-8-7-9-11-20)27(32)46-29(39)21-12-13-41-15-21/h7-13,15,22-27,37,40H,14,16H2,1-6H3/t22-,23+,24-,25+,26-,27+,31-,32-,33-/m0/s1. The Hall–Kier alpha value is -4.27. The number of rotatable bonds is 8. The summed E-state index contributed by atoms with van der Waals surface area (Å²) in [5, 5.41) is 24.8. The number of aliphatic hydroxyl groups excluding tert-OH is 1. The van der Waals surface area contributed by atoms with Gasteiger partial charge < -0.3 is 43.1 Å². The number of fused-ring (bicyclic) bond motifs is 1. The van der Waals surface area contributed by atoms with E-state index in [4.69, 9.17) is 32.8 Å². The van der Waals surface area contributed by atoms with Crippen molar-refractivity contribution in [3.05, 3.63) is 60.1 Å². The van der Waals surface area contributed by atoms with Crippen molar-refractivity contribution in [3.63, 3.8) is 0 Å². The molecule has 3 aliphatic rings. The summed E-state index contributed by atoms with van der Waals surface area (Å²) in [7, 11) is 0. The predicted molar refractivity (Wildman–Crippen MR) is 156 cm³/mol. The molecule has 14 nitrogen and oxygen atoms in total. The molecule has 5 rings (SSSR count). The summed E-state index contributed by atoms with van der Waals surface area (Å²) in [6, 6.07) is 9.21. The maximum atomic E-state index is 13.8. The molecule has 1 aromatic carbocycles. The zero-order chi connectivity index (χ0) is 34.5. The van der Waals surface area contributed by atoms with Crippen LogP contribution in [0.3, 0.4) is 0 Å². The second-order valence-corrected chi connectivity index (χ2v) is 13.0. The fourth-order valence-corrected chi connectivity index (χ4v) is 7.91. The average Bonchev–Trinajstić information content (AvgIpc) is 3.57. The summed E-state index contributed by atoms with van der Waals surface area (Å²) in [5.74, 6) is -5.59. The largest absolute Gasteiger partial charge is 0.472 e. The number of carbonyl (C=O) groups is 5. The minimum Gasteiger partial charge on any atom is -0.472 e. The molecule has 9 atom stereocenters. The molecule has 2 N–H and O–H groups in total. The van der Waals surface area contributed by atoms with Crippen molar-refractivity contribution in [2.75, 3.05) is 6.61 Å². The second-order valence-electron chi connectivity index (χ2n) is 13.0. The lowest BCUT2D eigenvalue weighted by Gasteiger charge is -2.66. The Balaban J connectivity index is 1.84. The Morgan fingerprint density at radius 1 is 0.830 bits per heavy atom. The van der Waals surface area contributed by atoms with Crippen molar-refractivity contribution >= 4 is 29.8 Å². The topological polar surface area (TPSA) is 194 Å². The Labute approximate surface area is 270 Å². The van der Waals surface area contributed by atoms with E-state index in [9.17, 15) is 34.2 Å². The van der Waals surface area contributed by atoms with E-state index in [-0.39, 0.29) is 11.1 Å². The van der Waals surface area contributed by atoms with Crippen LogP contribution in [0, 0.1) is 11.3 Å². The van der Waals surface area contributed by atoms with Crippen LogP contribution in [0.15, 0.2) is 53.3 Å². The summed E-state index contributed by atoms with van der Waals surface area (Å²) in [6.45, 7) is 6.94. The molecule has 2 heterocycles. The molecule has 2 saturated carbocycles. The SMILES string of the molecule is CC(=O)OC[C@]12[C@H](OC(=O)c3ccoc3)[C@@H](OC(=O)c3ccccc3)[C@@H]3[C@@H](O)[C@]1(OC3(C)C)[C@@](C)(O)C[C@H](OC(C)=O)[C@@H]2OC(C)=O. The van der Waals surface area contributed by atoms with Crippen molar-refractivity contribution in [2.24, 2.45) is 11.3 Å². The molecule has 0 unspecified atom stereocenters. The molecule has 47 heavy (non-hydrogen) atoms. The quantitative estimate of drug-likeness (QED) is 0.309. The summed E-state index contributed by atoms with van der Waals surface area (Å²) in [5.41, 5.74) is -8.05. The van der Waals surface area contributed by atoms with Gasteiger partial charge in [0, 0.05) is 27.2 Å². The lowest BCUT2D eigenvalue weighted by atomic mass is 9.45. The zero-order valence-corrected chi connectivity index (χ0v) is 26.8. The van der Waals surface area contributed by atoms with Gasteiger partial charge in [0.1, 0.15) is 36.1 Å². The van der Waals surface area contributed by atoms with Gasteiger partial charge in [-0.3, -0.25) is 14.4 Å². The molecule has 1 aromatic heterocycles. The van der Waals surface area contributed by atoms with Gasteiger partial charge in [-0.05, 0) is 39.0 Å². The van der Waals surface area contributed by atoms with Crippen LogP contribution >= 0.6 is 0 Å². The van der Waals surface area contributed by atoms with E-state index in [1.807, 2.05) is 0 Å². The molecule has 14 heteroatoms. The number of ether oxygens (including phenoxy) is 6. The first-order chi connectivity index (χ1) is 22.0. The predicted octanol–water partition coefficient (Wildman–Crippen LogP) is 2.14. The zero-order valence-electron chi connectivity index (χ0n) is 26.8. The number of aliphatic hydroxyl groups is 2. The summed E-state index contributed by atoms with van der Waals surface area (Å²) in [4.78, 5) is 65.2. The molecule has 1 spiro atoms. The van der Waals surface area contributed by atoms with Crippen LogP contribution in [0.5, 0.6) is 0 Å². The van der Waals surface area contributed by atoms with E-state index in [1.165, 1.54) is 31.4 Å². The molecule has 3 fully saturated rings. The Kier molecular flexibility index (Phi) is 8.75. The summed E-state index contributed by atoms with van der Waals surface area (Å²) < 4.78 is 41.1. The van der Waals surface area contributed by atoms with Crippen LogP contribution in [0.1, 0.15) is 68.7 Å². The highest BCUT2D eigenvalue weighted by molar-refractivity contribution is 5.90. The molecule has 254 valence electrons. The lowest BCUT2D eigenvalue weighted by molar-refractivity contribution is -0.362. The van der Waals surface area contributed by atoms with Crippen molar-refractivity contribution in [2.45, 2.75) is 95.3 Å². The number of hydrogen-bond donors (Lipinski definition) is 2. The van der Waals surface area contributed by atoms with Crippen LogP contribution in [0.4, 0.5) is 0 Å². The van der Waals surface area contributed by atoms with Gasteiger partial charge in [-0.2, -0.15) is 0 Å². The molecule has 0 amide bonds. The fraction of sp³-hybridized carbons (Fsp3) is 0.545. The molecule has 0 radical (unpaired) electrons. The first-order valence-corrected chi connectivity index (χ1v) is 15.1. The molecule has 2 aliphatic carbocycles. The number of benzene rings is 1. The molecule has 1 saturated heterocycles. The van der Waals surface area contributed by atoms with Gasteiger partial charge >= 0.3 is 29.8 Å². The van der Waals surface area contributed by atoms with E-state index >= 15 is 0 Å². The maximum absolute atomic E-state index is 13.8. The third-order valence-electron chi connectivity index (χ3n) is 9.45. The first-order valence-electron chi connectivity index (χ1n) is 15.1. The fourth-order valence-electron chi connectivity index (χ4n) is 7.91. The van der Waals surface area contributed by atoms with E-state index in [2.05, 4.69) is 0 Å². The monoisotopic (exact) mass is 658 g/mol. The average molecular weight is 659 g/mol. The number of furan rings is 1. The van der Waals surface area contributed by atoms with Gasteiger partial charge in [-0.15, -0.1) is 0 Å². The van der Waals surface area contributed by atoms with Crippen LogP contribution < -0.4 is 0 Å². The van der Waals surface area contributed by atoms with Gasteiger partial charge in [-0.25, -0.2) is 9.59 Å². The third kappa shape index (κ3) is 5.47. The van der Waals surface area contributed by atoms with E-state index < -0.39 is 102 Å². The van der Waals surface area contributed by atoms with Crippen molar-refractivity contribution < 1.29 is 67.0 Å². The Morgan fingerprint density at radius 2 is 1.47 bits per heavy atom. The maximum Gasteiger partial charge on any atom is 0.341 e. The highest BCUT2D eigenvalue weighted by atomic mass is 16.6. The second kappa shape index (κ2) is 12.1. The summed E-state index contributed by atoms with van der Waals surface area (Å²) >= 11 is 0. The molecule has 2 aromatic rings. The van der Waals surface area contributed by atoms with Gasteiger partial charge in [0.15, 0.2) is 12.2 Å². The van der Waals surface area contributed by atoms with E-state index in [1.54, 1.807) is 32.0 Å². The Morgan fingerprint density at radius 3 is 2.04 bits per heavy atom. The Bertz CT molecular complexity index is 1530. The lowest BCUT2D eigenvalue weighted by Crippen LogP contribution is -2.85. The van der Waals surface area contributed by atoms with Crippen molar-refractivity contribution in [3.8, 4) is 0 Å². The highest BCUT2D eigenvalue weighted by Crippen LogP contribution is 2.69. The third-order valence-corrected chi connectivity index (χ3v) is 9.45. The number of esters is 5. The molecular weight excluding hydrogens is 620 g/mol. The van der Waals surface area contributed by atoms with Crippen molar-refractivity contribution in [1.29, 1.82) is 0 Å². The van der Waals surface area contributed by atoms with Crippen LogP contribution in [-0.2, 0) is 42.8 Å². The van der Waals surface area contributed by atoms with Gasteiger partial charge in [-0.1, -0.05) is 18.2 Å². The smallest absolute Gasteiger partial charge is 0.341 e. The minimum absolute atomic E-state index is 0.0587. The summed E-state index contributed by atoms with van der Waals surface area (Å²) in [6.07, 6.45) is -6.33. The van der Waals surface area contributed by atoms with Crippen LogP contribution in [0.2, 0.25) is 0 Å². The minimum atomic E-state index is -2.28. The van der Waals surface area contributed by atoms with Crippen molar-refractivity contribution in [1.82, 2.24) is 0 Å². The highest BCUT2D eigenvalue weighted by Gasteiger charge is 2.88. The first kappa shape index (κ1) is 34.1. The van der Waals surface area contributed by atoms with Gasteiger partial charge in [0.05, 0.1) is 40.6 Å². The molecule has 2 bridgehead atoms. The van der Waals surface area contributed by atoms with Gasteiger partial charge in [0.25, 0.3) is 0 Å². The van der Waals surface area contributed by atoms with Crippen LogP contribution in [0.25, 0.3) is 0 Å². The van der Waals surface area contributed by atoms with Gasteiger partial charge in [0.2, 0.25) is 0 Å². The van der Waals surface area contributed by atoms with E-state index in [0.29, 0.717) is 0 Å². The van der Waals surface area contributed by atoms with Crippen LogP contribution in [-0.4, -0.2) is 94.0 Å². The van der Waals surface area contributed by atoms with E-state index in [0.717, 1.165) is 27.0 Å².